The summed E-state index contributed by atoms with van der Waals surface area (Å²) in [6.45, 7) is 6.79. The molecule has 24 heavy (non-hydrogen) atoms. The maximum absolute atomic E-state index is 12.0. The van der Waals surface area contributed by atoms with Crippen LogP contribution in [0.15, 0.2) is 28.7 Å². The van der Waals surface area contributed by atoms with Crippen LogP contribution in [0.3, 0.4) is 0 Å². The first-order chi connectivity index (χ1) is 10.5. The summed E-state index contributed by atoms with van der Waals surface area (Å²) in [6.07, 6.45) is 2.02. The van der Waals surface area contributed by atoms with Gasteiger partial charge in [-0.05, 0) is 37.5 Å². The van der Waals surface area contributed by atoms with Crippen molar-refractivity contribution in [2.45, 2.75) is 45.3 Å². The number of amides is 1. The lowest BCUT2D eigenvalue weighted by molar-refractivity contribution is -0.126. The molecule has 1 aromatic carbocycles. The molecule has 0 aromatic heterocycles. The van der Waals surface area contributed by atoms with Crippen LogP contribution >= 0.6 is 40.7 Å². The lowest BCUT2D eigenvalue weighted by Gasteiger charge is -2.33. The lowest BCUT2D eigenvalue weighted by Crippen LogP contribution is -2.48. The molecule has 0 saturated carbocycles. The number of benzene rings is 1. The van der Waals surface area contributed by atoms with Crippen molar-refractivity contribution in [1.29, 1.82) is 0 Å². The van der Waals surface area contributed by atoms with Crippen LogP contribution in [-0.2, 0) is 11.3 Å². The summed E-state index contributed by atoms with van der Waals surface area (Å²) in [5.74, 6) is -0.0397. The summed E-state index contributed by atoms with van der Waals surface area (Å²) in [7, 11) is 0. The van der Waals surface area contributed by atoms with Crippen LogP contribution in [0.25, 0.3) is 0 Å². The molecule has 1 fully saturated rings. The number of nitrogens with two attached hydrogens (primary N) is 1. The second-order valence-corrected chi connectivity index (χ2v) is 7.25. The molecule has 0 aliphatic carbocycles. The highest BCUT2D eigenvalue weighted by Gasteiger charge is 2.24. The smallest absolute Gasteiger partial charge is 0.224 e. The first-order valence-corrected chi connectivity index (χ1v) is 8.77. The van der Waals surface area contributed by atoms with Crippen LogP contribution in [0.5, 0.6) is 0 Å². The topological polar surface area (TPSA) is 58.4 Å². The first-order valence-electron chi connectivity index (χ1n) is 7.98. The molecule has 0 spiro atoms. The average molecular weight is 441 g/mol. The zero-order chi connectivity index (χ0) is 16.1. The number of halogens is 3. The van der Waals surface area contributed by atoms with Gasteiger partial charge in [-0.25, -0.2) is 0 Å². The van der Waals surface area contributed by atoms with E-state index in [0.29, 0.717) is 0 Å². The maximum atomic E-state index is 12.0. The molecule has 1 aliphatic heterocycles. The van der Waals surface area contributed by atoms with E-state index in [1.165, 1.54) is 5.56 Å². The summed E-state index contributed by atoms with van der Waals surface area (Å²) in [5, 5.41) is 3.14. The van der Waals surface area contributed by atoms with Crippen LogP contribution in [0.4, 0.5) is 0 Å². The minimum atomic E-state index is -0.124. The lowest BCUT2D eigenvalue weighted by atomic mass is 10.00. The molecular formula is C17H28BrCl2N3O. The third-order valence-corrected chi connectivity index (χ3v) is 4.98. The molecule has 0 bridgehead atoms. The van der Waals surface area contributed by atoms with Crippen molar-refractivity contribution >= 4 is 46.7 Å². The number of likely N-dealkylation sites (tertiary alicyclic amines) is 1. The fourth-order valence-electron chi connectivity index (χ4n) is 2.65. The van der Waals surface area contributed by atoms with Gasteiger partial charge >= 0.3 is 0 Å². The second kappa shape index (κ2) is 11.3. The van der Waals surface area contributed by atoms with E-state index in [9.17, 15) is 4.79 Å². The van der Waals surface area contributed by atoms with Gasteiger partial charge in [0.15, 0.2) is 0 Å². The van der Waals surface area contributed by atoms with Crippen molar-refractivity contribution in [2.75, 3.05) is 13.1 Å². The normalized spacial score (nSPS) is 18.0. The second-order valence-electron chi connectivity index (χ2n) is 6.33. The number of carbonyl (C=O) groups is 1. The van der Waals surface area contributed by atoms with Crippen molar-refractivity contribution in [3.8, 4) is 0 Å². The van der Waals surface area contributed by atoms with E-state index in [-0.39, 0.29) is 48.7 Å². The van der Waals surface area contributed by atoms with Crippen molar-refractivity contribution < 1.29 is 4.79 Å². The monoisotopic (exact) mass is 439 g/mol. The first kappa shape index (κ1) is 23.7. The van der Waals surface area contributed by atoms with Gasteiger partial charge in [-0.1, -0.05) is 35.0 Å². The molecule has 1 heterocycles. The van der Waals surface area contributed by atoms with Gasteiger partial charge in [0.1, 0.15) is 0 Å². The Kier molecular flexibility index (Phi) is 11.2. The summed E-state index contributed by atoms with van der Waals surface area (Å²) in [6, 6.07) is 8.66. The van der Waals surface area contributed by atoms with Crippen LogP contribution in [0.1, 0.15) is 32.3 Å². The Labute approximate surface area is 165 Å². The number of hydrogen-bond acceptors (Lipinski definition) is 3. The molecule has 1 aliphatic rings. The predicted molar refractivity (Wildman–Crippen MR) is 108 cm³/mol. The molecule has 1 amide bonds. The Bertz CT molecular complexity index is 491. The molecular weight excluding hydrogens is 413 g/mol. The van der Waals surface area contributed by atoms with Crippen molar-refractivity contribution in [3.63, 3.8) is 0 Å². The van der Waals surface area contributed by atoms with E-state index in [0.717, 1.165) is 36.9 Å². The molecule has 2 atom stereocenters. The number of piperidine rings is 1. The molecule has 3 N–H and O–H groups in total. The molecule has 0 radical (unpaired) electrons. The van der Waals surface area contributed by atoms with E-state index in [2.05, 4.69) is 50.4 Å². The summed E-state index contributed by atoms with van der Waals surface area (Å²) < 4.78 is 1.11. The highest BCUT2D eigenvalue weighted by atomic mass is 79.9. The van der Waals surface area contributed by atoms with E-state index >= 15 is 0 Å². The zero-order valence-electron chi connectivity index (χ0n) is 14.2. The Morgan fingerprint density at radius 1 is 1.25 bits per heavy atom. The molecule has 4 nitrogen and oxygen atoms in total. The van der Waals surface area contributed by atoms with Gasteiger partial charge in [0.2, 0.25) is 5.91 Å². The third kappa shape index (κ3) is 7.28. The number of rotatable bonds is 5. The van der Waals surface area contributed by atoms with E-state index in [4.69, 9.17) is 5.73 Å². The minimum Gasteiger partial charge on any atom is -0.353 e. The fraction of sp³-hybridized carbons (Fsp3) is 0.588. The Morgan fingerprint density at radius 2 is 1.79 bits per heavy atom. The van der Waals surface area contributed by atoms with Crippen molar-refractivity contribution in [1.82, 2.24) is 10.2 Å². The quantitative estimate of drug-likeness (QED) is 0.737. The summed E-state index contributed by atoms with van der Waals surface area (Å²) >= 11 is 3.46. The average Bonchev–Trinajstić information content (AvgIpc) is 2.50. The van der Waals surface area contributed by atoms with E-state index in [1.807, 2.05) is 13.8 Å². The largest absolute Gasteiger partial charge is 0.353 e. The van der Waals surface area contributed by atoms with Gasteiger partial charge < -0.3 is 11.1 Å². The summed E-state index contributed by atoms with van der Waals surface area (Å²) in [5.41, 5.74) is 7.12. The van der Waals surface area contributed by atoms with Gasteiger partial charge in [-0.2, -0.15) is 0 Å². The van der Waals surface area contributed by atoms with Crippen LogP contribution < -0.4 is 11.1 Å². The van der Waals surface area contributed by atoms with Gasteiger partial charge in [0.25, 0.3) is 0 Å². The molecule has 1 saturated heterocycles. The number of hydrogen-bond donors (Lipinski definition) is 2. The van der Waals surface area contributed by atoms with Crippen LogP contribution in [0, 0.1) is 5.92 Å². The SMILES string of the molecule is CC(N)C(C)C(=O)NC1CCN(Cc2ccc(Br)cc2)CC1.Cl.Cl. The Morgan fingerprint density at radius 3 is 2.29 bits per heavy atom. The van der Waals surface area contributed by atoms with Gasteiger partial charge in [-0.15, -0.1) is 24.8 Å². The van der Waals surface area contributed by atoms with E-state index in [1.54, 1.807) is 0 Å². The van der Waals surface area contributed by atoms with Gasteiger partial charge in [0.05, 0.1) is 0 Å². The van der Waals surface area contributed by atoms with Crippen LogP contribution in [-0.4, -0.2) is 36.0 Å². The molecule has 138 valence electrons. The summed E-state index contributed by atoms with van der Waals surface area (Å²) in [4.78, 5) is 14.5. The Hall–Kier alpha value is -0.330. The highest BCUT2D eigenvalue weighted by molar-refractivity contribution is 9.10. The minimum absolute atomic E-state index is 0. The number of carbonyl (C=O) groups excluding carboxylic acids is 1. The van der Waals surface area contributed by atoms with Crippen LogP contribution in [0.2, 0.25) is 0 Å². The molecule has 2 unspecified atom stereocenters. The van der Waals surface area contributed by atoms with E-state index < -0.39 is 0 Å². The fourth-order valence-corrected chi connectivity index (χ4v) is 2.92. The van der Waals surface area contributed by atoms with Gasteiger partial charge in [-0.3, -0.25) is 9.69 Å². The van der Waals surface area contributed by atoms with Gasteiger partial charge in [0, 0.05) is 42.1 Å². The molecule has 7 heteroatoms. The Balaban J connectivity index is 0.00000264. The van der Waals surface area contributed by atoms with Crippen molar-refractivity contribution in [2.24, 2.45) is 11.7 Å². The number of nitrogens with zero attached hydrogens (tertiary/aromatic N) is 1. The third-order valence-electron chi connectivity index (χ3n) is 4.46. The highest BCUT2D eigenvalue weighted by Crippen LogP contribution is 2.16. The molecule has 2 rings (SSSR count). The van der Waals surface area contributed by atoms with Crippen molar-refractivity contribution in [3.05, 3.63) is 34.3 Å². The predicted octanol–water partition coefficient (Wildman–Crippen LogP) is 3.36. The standard InChI is InChI=1S/C17H26BrN3O.2ClH/c1-12(13(2)19)17(22)20-16-7-9-21(10-8-16)11-14-3-5-15(18)6-4-14;;/h3-6,12-13,16H,7-11,19H2,1-2H3,(H,20,22);2*1H. The number of nitrogens with one attached hydrogen (secondary N) is 1. The molecule has 1 aromatic rings. The maximum Gasteiger partial charge on any atom is 0.224 e. The zero-order valence-corrected chi connectivity index (χ0v) is 17.4.